The summed E-state index contributed by atoms with van der Waals surface area (Å²) in [6.45, 7) is 1.19. The predicted molar refractivity (Wildman–Crippen MR) is 113 cm³/mol. The van der Waals surface area contributed by atoms with Crippen molar-refractivity contribution < 1.29 is 22.4 Å². The number of carbonyl (C=O) groups is 1. The van der Waals surface area contributed by atoms with Crippen LogP contribution in [-0.4, -0.2) is 50.3 Å². The number of amides is 1. The fraction of sp³-hybridized carbons (Fsp3) is 0.409. The lowest BCUT2D eigenvalue weighted by Crippen LogP contribution is -2.33. The van der Waals surface area contributed by atoms with Crippen LogP contribution in [0, 0.1) is 12.3 Å². The molecule has 7 nitrogen and oxygen atoms in total. The zero-order valence-corrected chi connectivity index (χ0v) is 17.9. The van der Waals surface area contributed by atoms with Gasteiger partial charge in [0.2, 0.25) is 10.0 Å². The Morgan fingerprint density at radius 1 is 1.23 bits per heavy atom. The maximum absolute atomic E-state index is 13.3. The number of ether oxygens (including phenoxy) is 1. The number of furan rings is 1. The van der Waals surface area contributed by atoms with Gasteiger partial charge in [-0.05, 0) is 43.2 Å². The van der Waals surface area contributed by atoms with Gasteiger partial charge in [-0.3, -0.25) is 4.79 Å². The summed E-state index contributed by atoms with van der Waals surface area (Å²) < 4.78 is 38.7. The van der Waals surface area contributed by atoms with Gasteiger partial charge in [-0.15, -0.1) is 6.42 Å². The molecule has 0 saturated carbocycles. The van der Waals surface area contributed by atoms with E-state index in [2.05, 4.69) is 5.92 Å². The predicted octanol–water partition coefficient (Wildman–Crippen LogP) is 3.13. The van der Waals surface area contributed by atoms with Crippen molar-refractivity contribution >= 4 is 15.9 Å². The minimum atomic E-state index is -3.79. The van der Waals surface area contributed by atoms with Crippen LogP contribution in [0.4, 0.5) is 0 Å². The van der Waals surface area contributed by atoms with Crippen LogP contribution in [0.25, 0.3) is 0 Å². The molecule has 160 valence electrons. The Labute approximate surface area is 177 Å². The molecule has 1 saturated heterocycles. The van der Waals surface area contributed by atoms with Crippen molar-refractivity contribution in [2.75, 3.05) is 26.7 Å². The van der Waals surface area contributed by atoms with E-state index in [0.717, 1.165) is 25.7 Å². The smallest absolute Gasteiger partial charge is 0.255 e. The number of rotatable bonds is 7. The zero-order valence-electron chi connectivity index (χ0n) is 17.0. The first-order valence-corrected chi connectivity index (χ1v) is 11.3. The lowest BCUT2D eigenvalue weighted by atomic mass is 10.2. The number of benzene rings is 1. The van der Waals surface area contributed by atoms with E-state index < -0.39 is 10.0 Å². The second-order valence-electron chi connectivity index (χ2n) is 7.13. The zero-order chi connectivity index (χ0) is 21.6. The minimum absolute atomic E-state index is 0.00333. The van der Waals surface area contributed by atoms with Crippen LogP contribution in [0.2, 0.25) is 0 Å². The first kappa shape index (κ1) is 21.9. The van der Waals surface area contributed by atoms with Gasteiger partial charge in [0.15, 0.2) is 0 Å². The Morgan fingerprint density at radius 3 is 2.57 bits per heavy atom. The van der Waals surface area contributed by atoms with E-state index in [-0.39, 0.29) is 35.2 Å². The second kappa shape index (κ2) is 9.83. The molecule has 1 amide bonds. The Hall–Kier alpha value is -2.76. The summed E-state index contributed by atoms with van der Waals surface area (Å²) in [4.78, 5) is 14.5. The molecular weight excluding hydrogens is 404 g/mol. The molecule has 0 radical (unpaired) electrons. The number of hydrogen-bond donors (Lipinski definition) is 0. The van der Waals surface area contributed by atoms with Crippen molar-refractivity contribution in [2.24, 2.45) is 0 Å². The summed E-state index contributed by atoms with van der Waals surface area (Å²) in [5, 5.41) is 0. The molecular formula is C22H26N2O5S. The molecule has 2 aromatic rings. The highest BCUT2D eigenvalue weighted by molar-refractivity contribution is 7.89. The normalized spacial score (nSPS) is 15.2. The molecule has 0 aliphatic carbocycles. The molecule has 0 N–H and O–H groups in total. The maximum Gasteiger partial charge on any atom is 0.255 e. The SMILES string of the molecule is C#CCN(Cc1ccco1)C(=O)c1ccc(OC)c(S(=O)(=O)N2CCCCCC2)c1. The van der Waals surface area contributed by atoms with Crippen molar-refractivity contribution in [3.63, 3.8) is 0 Å². The van der Waals surface area contributed by atoms with E-state index in [0.29, 0.717) is 18.8 Å². The first-order chi connectivity index (χ1) is 14.5. The standard InChI is InChI=1S/C22H26N2O5S/c1-3-12-23(17-19-9-8-15-29-19)22(25)18-10-11-20(28-2)21(16-18)30(26,27)24-13-6-4-5-7-14-24/h1,8-11,15-16H,4-7,12-14,17H2,2H3. The van der Waals surface area contributed by atoms with Crippen LogP contribution in [-0.2, 0) is 16.6 Å². The number of carbonyl (C=O) groups excluding carboxylic acids is 1. The summed E-state index contributed by atoms with van der Waals surface area (Å²) in [5.41, 5.74) is 0.228. The van der Waals surface area contributed by atoms with Gasteiger partial charge in [-0.1, -0.05) is 18.8 Å². The molecule has 0 atom stereocenters. The van der Waals surface area contributed by atoms with Gasteiger partial charge in [-0.25, -0.2) is 8.42 Å². The topological polar surface area (TPSA) is 80.1 Å². The number of terminal acetylenes is 1. The van der Waals surface area contributed by atoms with Gasteiger partial charge in [-0.2, -0.15) is 4.31 Å². The molecule has 0 unspecified atom stereocenters. The summed E-state index contributed by atoms with van der Waals surface area (Å²) in [6, 6.07) is 7.92. The Bertz CT molecular complexity index is 1000. The van der Waals surface area contributed by atoms with Crippen LogP contribution in [0.1, 0.15) is 41.8 Å². The molecule has 1 aromatic heterocycles. The summed E-state index contributed by atoms with van der Waals surface area (Å²) >= 11 is 0. The molecule has 1 fully saturated rings. The third-order valence-electron chi connectivity index (χ3n) is 5.09. The summed E-state index contributed by atoms with van der Waals surface area (Å²) in [5.74, 6) is 2.89. The minimum Gasteiger partial charge on any atom is -0.495 e. The largest absolute Gasteiger partial charge is 0.495 e. The van der Waals surface area contributed by atoms with E-state index >= 15 is 0 Å². The third kappa shape index (κ3) is 4.86. The molecule has 2 heterocycles. The summed E-state index contributed by atoms with van der Waals surface area (Å²) in [6.07, 6.45) is 10.6. The fourth-order valence-corrected chi connectivity index (χ4v) is 5.21. The number of hydrogen-bond acceptors (Lipinski definition) is 5. The first-order valence-electron chi connectivity index (χ1n) is 9.90. The number of sulfonamides is 1. The number of nitrogens with zero attached hydrogens (tertiary/aromatic N) is 2. The van der Waals surface area contributed by atoms with Crippen molar-refractivity contribution in [3.8, 4) is 18.1 Å². The summed E-state index contributed by atoms with van der Waals surface area (Å²) in [7, 11) is -2.38. The lowest BCUT2D eigenvalue weighted by molar-refractivity contribution is 0.0755. The van der Waals surface area contributed by atoms with E-state index in [1.807, 2.05) is 0 Å². The van der Waals surface area contributed by atoms with E-state index in [1.54, 1.807) is 18.2 Å². The van der Waals surface area contributed by atoms with E-state index in [4.69, 9.17) is 15.6 Å². The highest BCUT2D eigenvalue weighted by Crippen LogP contribution is 2.30. The average molecular weight is 431 g/mol. The van der Waals surface area contributed by atoms with Crippen LogP contribution >= 0.6 is 0 Å². The van der Waals surface area contributed by atoms with Crippen LogP contribution in [0.15, 0.2) is 45.9 Å². The fourth-order valence-electron chi connectivity index (χ4n) is 3.52. The molecule has 8 heteroatoms. The average Bonchev–Trinajstić information content (AvgIpc) is 3.10. The van der Waals surface area contributed by atoms with Gasteiger partial charge in [0.05, 0.1) is 26.5 Å². The quantitative estimate of drug-likeness (QED) is 0.631. The second-order valence-corrected chi connectivity index (χ2v) is 9.03. The molecule has 30 heavy (non-hydrogen) atoms. The highest BCUT2D eigenvalue weighted by Gasteiger charge is 2.30. The molecule has 1 aliphatic heterocycles. The van der Waals surface area contributed by atoms with Gasteiger partial charge in [0.25, 0.3) is 5.91 Å². The highest BCUT2D eigenvalue weighted by atomic mass is 32.2. The van der Waals surface area contributed by atoms with Gasteiger partial charge in [0.1, 0.15) is 16.4 Å². The van der Waals surface area contributed by atoms with Crippen LogP contribution in [0.3, 0.4) is 0 Å². The van der Waals surface area contributed by atoms with Crippen LogP contribution < -0.4 is 4.74 Å². The Kier molecular flexibility index (Phi) is 7.19. The third-order valence-corrected chi connectivity index (χ3v) is 7.01. The molecule has 0 bridgehead atoms. The number of methoxy groups -OCH3 is 1. The van der Waals surface area contributed by atoms with E-state index in [9.17, 15) is 13.2 Å². The lowest BCUT2D eigenvalue weighted by Gasteiger charge is -2.23. The van der Waals surface area contributed by atoms with Crippen molar-refractivity contribution in [2.45, 2.75) is 37.1 Å². The molecule has 1 aliphatic rings. The van der Waals surface area contributed by atoms with Gasteiger partial charge in [0, 0.05) is 18.7 Å². The van der Waals surface area contributed by atoms with Crippen molar-refractivity contribution in [3.05, 3.63) is 47.9 Å². The molecule has 0 spiro atoms. The van der Waals surface area contributed by atoms with Crippen molar-refractivity contribution in [1.82, 2.24) is 9.21 Å². The van der Waals surface area contributed by atoms with E-state index in [1.165, 1.54) is 34.7 Å². The molecule has 1 aromatic carbocycles. The Morgan fingerprint density at radius 2 is 1.97 bits per heavy atom. The monoisotopic (exact) mass is 430 g/mol. The van der Waals surface area contributed by atoms with Crippen molar-refractivity contribution in [1.29, 1.82) is 0 Å². The van der Waals surface area contributed by atoms with Crippen LogP contribution in [0.5, 0.6) is 5.75 Å². The Balaban J connectivity index is 1.94. The van der Waals surface area contributed by atoms with Gasteiger partial charge >= 0.3 is 0 Å². The van der Waals surface area contributed by atoms with Gasteiger partial charge < -0.3 is 14.1 Å². The molecule has 3 rings (SSSR count). The maximum atomic E-state index is 13.3.